The molecule has 1 fully saturated rings. The first-order valence-electron chi connectivity index (χ1n) is 7.66. The molecular formula is C16H23F2N3O2. The van der Waals surface area contributed by atoms with Gasteiger partial charge in [0.2, 0.25) is 0 Å². The zero-order chi connectivity index (χ0) is 17.0. The number of rotatable bonds is 5. The number of hydrogen-bond acceptors (Lipinski definition) is 4. The third-order valence-electron chi connectivity index (χ3n) is 4.05. The highest BCUT2D eigenvalue weighted by molar-refractivity contribution is 5.94. The lowest BCUT2D eigenvalue weighted by Gasteiger charge is -2.34. The number of likely N-dealkylation sites (N-methyl/N-ethyl adjacent to an activating group) is 2. The van der Waals surface area contributed by atoms with Crippen LogP contribution in [-0.2, 0) is 0 Å². The van der Waals surface area contributed by atoms with Gasteiger partial charge in [-0.15, -0.1) is 0 Å². The third-order valence-corrected chi connectivity index (χ3v) is 4.05. The van der Waals surface area contributed by atoms with Crippen molar-refractivity contribution in [1.82, 2.24) is 14.7 Å². The van der Waals surface area contributed by atoms with Gasteiger partial charge in [-0.05, 0) is 25.2 Å². The van der Waals surface area contributed by atoms with Gasteiger partial charge < -0.3 is 14.9 Å². The highest BCUT2D eigenvalue weighted by Crippen LogP contribution is 2.12. The number of carbonyl (C=O) groups is 1. The van der Waals surface area contributed by atoms with E-state index in [0.29, 0.717) is 6.54 Å². The van der Waals surface area contributed by atoms with E-state index in [4.69, 9.17) is 0 Å². The largest absolute Gasteiger partial charge is 0.390 e. The van der Waals surface area contributed by atoms with E-state index >= 15 is 0 Å². The second-order valence-electron chi connectivity index (χ2n) is 6.07. The van der Waals surface area contributed by atoms with E-state index in [0.717, 1.165) is 44.4 Å². The SMILES string of the molecule is CN1CCN(CC(O)CN(C)C(=O)c2cc(F)ccc2F)CC1. The molecule has 0 saturated carbocycles. The van der Waals surface area contributed by atoms with Crippen molar-refractivity contribution >= 4 is 5.91 Å². The summed E-state index contributed by atoms with van der Waals surface area (Å²) in [6.45, 7) is 4.14. The summed E-state index contributed by atoms with van der Waals surface area (Å²) in [6, 6.07) is 2.77. The van der Waals surface area contributed by atoms with Crippen molar-refractivity contribution in [3.8, 4) is 0 Å². The summed E-state index contributed by atoms with van der Waals surface area (Å²) in [5, 5.41) is 10.1. The fourth-order valence-electron chi connectivity index (χ4n) is 2.65. The van der Waals surface area contributed by atoms with Gasteiger partial charge >= 0.3 is 0 Å². The molecule has 1 N–H and O–H groups in total. The first-order chi connectivity index (χ1) is 10.9. The first-order valence-corrected chi connectivity index (χ1v) is 7.66. The summed E-state index contributed by atoms with van der Waals surface area (Å²) >= 11 is 0. The molecular weight excluding hydrogens is 304 g/mol. The number of halogens is 2. The lowest BCUT2D eigenvalue weighted by Crippen LogP contribution is -2.49. The number of piperazine rings is 1. The Morgan fingerprint density at radius 2 is 1.96 bits per heavy atom. The van der Waals surface area contributed by atoms with E-state index in [1.807, 2.05) is 7.05 Å². The van der Waals surface area contributed by atoms with Gasteiger partial charge in [0.1, 0.15) is 11.6 Å². The minimum atomic E-state index is -0.767. The van der Waals surface area contributed by atoms with Crippen molar-refractivity contribution in [2.45, 2.75) is 6.10 Å². The summed E-state index contributed by atoms with van der Waals surface area (Å²) in [6.07, 6.45) is -0.732. The molecule has 1 unspecified atom stereocenters. The number of aliphatic hydroxyl groups is 1. The third kappa shape index (κ3) is 4.95. The Morgan fingerprint density at radius 3 is 2.61 bits per heavy atom. The van der Waals surface area contributed by atoms with Gasteiger partial charge in [0.25, 0.3) is 5.91 Å². The number of aliphatic hydroxyl groups excluding tert-OH is 1. The number of carbonyl (C=O) groups excluding carboxylic acids is 1. The van der Waals surface area contributed by atoms with Crippen LogP contribution in [0.2, 0.25) is 0 Å². The van der Waals surface area contributed by atoms with Crippen LogP contribution in [0.3, 0.4) is 0 Å². The van der Waals surface area contributed by atoms with E-state index in [9.17, 15) is 18.7 Å². The Morgan fingerprint density at radius 1 is 1.30 bits per heavy atom. The van der Waals surface area contributed by atoms with Crippen LogP contribution in [0, 0.1) is 11.6 Å². The van der Waals surface area contributed by atoms with Crippen molar-refractivity contribution in [3.63, 3.8) is 0 Å². The van der Waals surface area contributed by atoms with Gasteiger partial charge in [-0.25, -0.2) is 8.78 Å². The molecule has 1 saturated heterocycles. The van der Waals surface area contributed by atoms with Crippen molar-refractivity contribution in [2.75, 3.05) is 53.4 Å². The minimum Gasteiger partial charge on any atom is -0.390 e. The second-order valence-corrected chi connectivity index (χ2v) is 6.07. The Bertz CT molecular complexity index is 548. The Hall–Kier alpha value is -1.57. The number of β-amino-alcohol motifs (C(OH)–C–C–N with tert-alkyl or cyclic N) is 1. The highest BCUT2D eigenvalue weighted by atomic mass is 19.1. The van der Waals surface area contributed by atoms with E-state index in [1.54, 1.807) is 0 Å². The maximum Gasteiger partial charge on any atom is 0.256 e. The zero-order valence-corrected chi connectivity index (χ0v) is 13.5. The van der Waals surface area contributed by atoms with E-state index in [2.05, 4.69) is 9.80 Å². The predicted octanol–water partition coefficient (Wildman–Crippen LogP) is 0.645. The van der Waals surface area contributed by atoms with Crippen molar-refractivity contribution in [3.05, 3.63) is 35.4 Å². The Labute approximate surface area is 135 Å². The number of benzene rings is 1. The van der Waals surface area contributed by atoms with Crippen LogP contribution in [0.15, 0.2) is 18.2 Å². The van der Waals surface area contributed by atoms with Gasteiger partial charge in [-0.3, -0.25) is 9.69 Å². The lowest BCUT2D eigenvalue weighted by molar-refractivity contribution is 0.0499. The van der Waals surface area contributed by atoms with Gasteiger partial charge in [-0.2, -0.15) is 0 Å². The predicted molar refractivity (Wildman–Crippen MR) is 83.3 cm³/mol. The van der Waals surface area contributed by atoms with Crippen LogP contribution >= 0.6 is 0 Å². The van der Waals surface area contributed by atoms with Crippen LogP contribution in [0.1, 0.15) is 10.4 Å². The molecule has 128 valence electrons. The average Bonchev–Trinajstić information content (AvgIpc) is 2.51. The van der Waals surface area contributed by atoms with E-state index in [1.165, 1.54) is 11.9 Å². The minimum absolute atomic E-state index is 0.0706. The molecule has 1 aliphatic heterocycles. The smallest absolute Gasteiger partial charge is 0.256 e. The highest BCUT2D eigenvalue weighted by Gasteiger charge is 2.22. The molecule has 23 heavy (non-hydrogen) atoms. The van der Waals surface area contributed by atoms with Gasteiger partial charge in [0.15, 0.2) is 0 Å². The number of amides is 1. The maximum absolute atomic E-state index is 13.6. The average molecular weight is 327 g/mol. The molecule has 1 aromatic rings. The first kappa shape index (κ1) is 17.8. The molecule has 0 bridgehead atoms. The molecule has 1 aromatic carbocycles. The molecule has 0 aromatic heterocycles. The molecule has 2 rings (SSSR count). The van der Waals surface area contributed by atoms with Gasteiger partial charge in [-0.1, -0.05) is 0 Å². The molecule has 1 amide bonds. The van der Waals surface area contributed by atoms with Crippen molar-refractivity contribution in [1.29, 1.82) is 0 Å². The Balaban J connectivity index is 1.88. The topological polar surface area (TPSA) is 47.0 Å². The summed E-state index contributed by atoms with van der Waals surface area (Å²) < 4.78 is 26.8. The lowest BCUT2D eigenvalue weighted by atomic mass is 10.1. The Kier molecular flexibility index (Phi) is 6.04. The van der Waals surface area contributed by atoms with E-state index < -0.39 is 23.6 Å². The monoisotopic (exact) mass is 327 g/mol. The normalized spacial score (nSPS) is 18.0. The maximum atomic E-state index is 13.6. The summed E-state index contributed by atoms with van der Waals surface area (Å²) in [5.41, 5.74) is -0.320. The van der Waals surface area contributed by atoms with Gasteiger partial charge in [0.05, 0.1) is 11.7 Å². The standard InChI is InChI=1S/C16H23F2N3O2/c1-19-5-7-21(8-6-19)11-13(22)10-20(2)16(23)14-9-12(17)3-4-15(14)18/h3-4,9,13,22H,5-8,10-11H2,1-2H3. The van der Waals surface area contributed by atoms with Crippen LogP contribution in [-0.4, -0.2) is 85.2 Å². The summed E-state index contributed by atoms with van der Waals surface area (Å²) in [4.78, 5) is 17.7. The van der Waals surface area contributed by atoms with Crippen LogP contribution < -0.4 is 0 Å². The van der Waals surface area contributed by atoms with Crippen molar-refractivity contribution in [2.24, 2.45) is 0 Å². The van der Waals surface area contributed by atoms with Gasteiger partial charge in [0, 0.05) is 46.3 Å². The number of hydrogen-bond donors (Lipinski definition) is 1. The van der Waals surface area contributed by atoms with Crippen LogP contribution in [0.25, 0.3) is 0 Å². The number of nitrogens with zero attached hydrogens (tertiary/aromatic N) is 3. The molecule has 1 aliphatic rings. The zero-order valence-electron chi connectivity index (χ0n) is 13.5. The quantitative estimate of drug-likeness (QED) is 0.862. The molecule has 0 spiro atoms. The fraction of sp³-hybridized carbons (Fsp3) is 0.562. The molecule has 0 aliphatic carbocycles. The van der Waals surface area contributed by atoms with E-state index in [-0.39, 0.29) is 12.1 Å². The van der Waals surface area contributed by atoms with Crippen molar-refractivity contribution < 1.29 is 18.7 Å². The molecule has 1 atom stereocenters. The van der Waals surface area contributed by atoms with Crippen LogP contribution in [0.4, 0.5) is 8.78 Å². The van der Waals surface area contributed by atoms with Crippen LogP contribution in [0.5, 0.6) is 0 Å². The fourth-order valence-corrected chi connectivity index (χ4v) is 2.65. The molecule has 5 nitrogen and oxygen atoms in total. The summed E-state index contributed by atoms with van der Waals surface area (Å²) in [7, 11) is 3.52. The molecule has 1 heterocycles. The second kappa shape index (κ2) is 7.81. The molecule has 0 radical (unpaired) electrons. The summed E-state index contributed by atoms with van der Waals surface area (Å²) in [5.74, 6) is -2.07. The molecule has 7 heteroatoms.